The first-order valence-electron chi connectivity index (χ1n) is 8.86. The van der Waals surface area contributed by atoms with Crippen molar-refractivity contribution in [1.82, 2.24) is 15.5 Å². The number of aromatic nitrogens is 2. The molecule has 0 radical (unpaired) electrons. The molecule has 134 valence electrons. The predicted octanol–water partition coefficient (Wildman–Crippen LogP) is 4.02. The quantitative estimate of drug-likeness (QED) is 0.694. The first-order valence-corrected chi connectivity index (χ1v) is 8.86. The summed E-state index contributed by atoms with van der Waals surface area (Å²) >= 11 is 0. The van der Waals surface area contributed by atoms with Crippen LogP contribution in [0.3, 0.4) is 0 Å². The molecule has 2 heterocycles. The minimum Gasteiger partial charge on any atom is -0.493 e. The van der Waals surface area contributed by atoms with Crippen molar-refractivity contribution in [1.29, 1.82) is 0 Å². The van der Waals surface area contributed by atoms with Gasteiger partial charge in [0.1, 0.15) is 18.1 Å². The maximum atomic E-state index is 12.1. The highest BCUT2D eigenvalue weighted by Crippen LogP contribution is 2.30. The molecule has 4 rings (SSSR count). The number of aromatic amines is 1. The van der Waals surface area contributed by atoms with Crippen molar-refractivity contribution in [3.8, 4) is 17.0 Å². The fourth-order valence-electron chi connectivity index (χ4n) is 3.17. The third-order valence-corrected chi connectivity index (χ3v) is 4.65. The van der Waals surface area contributed by atoms with Crippen molar-refractivity contribution in [3.63, 3.8) is 0 Å². The van der Waals surface area contributed by atoms with E-state index < -0.39 is 6.09 Å². The minimum atomic E-state index is -0.403. The van der Waals surface area contributed by atoms with Crippen LogP contribution in [-0.2, 0) is 11.3 Å². The lowest BCUT2D eigenvalue weighted by molar-refractivity contribution is 0.133. The zero-order valence-corrected chi connectivity index (χ0v) is 14.6. The van der Waals surface area contributed by atoms with Crippen LogP contribution in [-0.4, -0.2) is 28.9 Å². The predicted molar refractivity (Wildman–Crippen MR) is 99.0 cm³/mol. The highest BCUT2D eigenvalue weighted by atomic mass is 16.5. The summed E-state index contributed by atoms with van der Waals surface area (Å²) < 4.78 is 11.3. The van der Waals surface area contributed by atoms with Gasteiger partial charge in [-0.05, 0) is 36.2 Å². The van der Waals surface area contributed by atoms with Gasteiger partial charge in [0, 0.05) is 23.4 Å². The SMILES string of the molecule is CCC1CCOc2ccc3[nH]nc(c3c2)-c2cccc(c2)COC(=O)N1. The number of carbonyl (C=O) groups is 1. The fourth-order valence-corrected chi connectivity index (χ4v) is 3.17. The normalized spacial score (nSPS) is 17.7. The summed E-state index contributed by atoms with van der Waals surface area (Å²) in [4.78, 5) is 12.1. The van der Waals surface area contributed by atoms with Gasteiger partial charge in [-0.15, -0.1) is 0 Å². The van der Waals surface area contributed by atoms with E-state index in [1.807, 2.05) is 49.4 Å². The van der Waals surface area contributed by atoms with Crippen LogP contribution < -0.4 is 10.1 Å². The van der Waals surface area contributed by atoms with Crippen LogP contribution in [0.1, 0.15) is 25.3 Å². The van der Waals surface area contributed by atoms with Crippen LogP contribution in [0.5, 0.6) is 5.75 Å². The number of carbonyl (C=O) groups excluding carboxylic acids is 1. The monoisotopic (exact) mass is 351 g/mol. The lowest BCUT2D eigenvalue weighted by Crippen LogP contribution is -2.35. The molecule has 0 saturated heterocycles. The number of amides is 1. The lowest BCUT2D eigenvalue weighted by Gasteiger charge is -2.17. The molecule has 1 aromatic heterocycles. The summed E-state index contributed by atoms with van der Waals surface area (Å²) in [5, 5.41) is 11.4. The molecule has 1 aliphatic heterocycles. The van der Waals surface area contributed by atoms with Gasteiger partial charge >= 0.3 is 6.09 Å². The molecule has 6 nitrogen and oxygen atoms in total. The summed E-state index contributed by atoms with van der Waals surface area (Å²) in [6.07, 6.45) is 1.13. The van der Waals surface area contributed by atoms with E-state index in [1.54, 1.807) is 0 Å². The average Bonchev–Trinajstić information content (AvgIpc) is 3.08. The van der Waals surface area contributed by atoms with Gasteiger partial charge in [-0.2, -0.15) is 5.10 Å². The molecule has 1 atom stereocenters. The lowest BCUT2D eigenvalue weighted by atomic mass is 10.1. The Bertz CT molecular complexity index is 935. The molecule has 1 aliphatic rings. The maximum absolute atomic E-state index is 12.1. The number of nitrogens with one attached hydrogen (secondary N) is 2. The van der Waals surface area contributed by atoms with Crippen LogP contribution in [0.25, 0.3) is 22.2 Å². The molecule has 0 saturated carbocycles. The summed E-state index contributed by atoms with van der Waals surface area (Å²) in [5.74, 6) is 0.795. The van der Waals surface area contributed by atoms with E-state index in [-0.39, 0.29) is 12.6 Å². The molecule has 4 bridgehead atoms. The minimum absolute atomic E-state index is 0.0205. The van der Waals surface area contributed by atoms with Crippen molar-refractivity contribution in [2.24, 2.45) is 0 Å². The Morgan fingerprint density at radius 1 is 1.19 bits per heavy atom. The van der Waals surface area contributed by atoms with E-state index in [0.29, 0.717) is 6.61 Å². The second-order valence-corrected chi connectivity index (χ2v) is 6.44. The first kappa shape index (κ1) is 16.4. The third kappa shape index (κ3) is 3.35. The van der Waals surface area contributed by atoms with Gasteiger partial charge in [-0.1, -0.05) is 25.1 Å². The van der Waals surface area contributed by atoms with E-state index in [9.17, 15) is 4.79 Å². The zero-order chi connectivity index (χ0) is 17.9. The number of cyclic esters (lactones) is 1. The van der Waals surface area contributed by atoms with E-state index >= 15 is 0 Å². The topological polar surface area (TPSA) is 76.2 Å². The van der Waals surface area contributed by atoms with E-state index in [0.717, 1.165) is 46.3 Å². The smallest absolute Gasteiger partial charge is 0.407 e. The Labute approximate surface area is 151 Å². The molecule has 26 heavy (non-hydrogen) atoms. The third-order valence-electron chi connectivity index (χ3n) is 4.65. The van der Waals surface area contributed by atoms with Crippen molar-refractivity contribution in [3.05, 3.63) is 48.0 Å². The number of benzene rings is 2. The summed E-state index contributed by atoms with van der Waals surface area (Å²) in [6, 6.07) is 13.8. The van der Waals surface area contributed by atoms with Crippen molar-refractivity contribution in [2.45, 2.75) is 32.4 Å². The second kappa shape index (κ2) is 7.07. The van der Waals surface area contributed by atoms with Crippen molar-refractivity contribution in [2.75, 3.05) is 6.61 Å². The Balaban J connectivity index is 1.75. The molecular weight excluding hydrogens is 330 g/mol. The summed E-state index contributed by atoms with van der Waals surface area (Å²) in [7, 11) is 0. The molecule has 0 fully saturated rings. The van der Waals surface area contributed by atoms with Gasteiger partial charge in [0.2, 0.25) is 0 Å². The molecular formula is C20H21N3O3. The molecule has 2 N–H and O–H groups in total. The number of rotatable bonds is 1. The van der Waals surface area contributed by atoms with Crippen LogP contribution in [0.15, 0.2) is 42.5 Å². The second-order valence-electron chi connectivity index (χ2n) is 6.44. The van der Waals surface area contributed by atoms with E-state index in [4.69, 9.17) is 9.47 Å². The first-order chi connectivity index (χ1) is 12.7. The number of hydrogen-bond donors (Lipinski definition) is 2. The van der Waals surface area contributed by atoms with Gasteiger partial charge in [-0.3, -0.25) is 5.10 Å². The highest BCUT2D eigenvalue weighted by molar-refractivity contribution is 5.93. The number of fused-ring (bicyclic) bond motifs is 4. The van der Waals surface area contributed by atoms with Gasteiger partial charge in [-0.25, -0.2) is 4.79 Å². The van der Waals surface area contributed by atoms with Gasteiger partial charge in [0.05, 0.1) is 12.1 Å². The molecule has 0 spiro atoms. The summed E-state index contributed by atoms with van der Waals surface area (Å²) in [6.45, 7) is 2.78. The standard InChI is InChI=1S/C20H21N3O3/c1-2-15-8-9-25-16-6-7-18-17(11-16)19(23-22-18)14-5-3-4-13(10-14)12-26-20(24)21-15/h3-7,10-11,15H,2,8-9,12H2,1H3,(H,21,24)(H,22,23). The van der Waals surface area contributed by atoms with Gasteiger partial charge in [0.15, 0.2) is 0 Å². The van der Waals surface area contributed by atoms with E-state index in [1.165, 1.54) is 0 Å². The van der Waals surface area contributed by atoms with Crippen LogP contribution >= 0.6 is 0 Å². The number of nitrogens with zero attached hydrogens (tertiary/aromatic N) is 1. The Hall–Kier alpha value is -3.02. The van der Waals surface area contributed by atoms with Crippen LogP contribution in [0, 0.1) is 0 Å². The van der Waals surface area contributed by atoms with Crippen LogP contribution in [0.2, 0.25) is 0 Å². The number of alkyl carbamates (subject to hydrolysis) is 1. The Kier molecular flexibility index (Phi) is 4.48. The molecule has 1 unspecified atom stereocenters. The Morgan fingerprint density at radius 3 is 3.00 bits per heavy atom. The van der Waals surface area contributed by atoms with Gasteiger partial charge in [0.25, 0.3) is 0 Å². The average molecular weight is 351 g/mol. The number of H-pyrrole nitrogens is 1. The Morgan fingerprint density at radius 2 is 2.12 bits per heavy atom. The molecule has 2 aromatic carbocycles. The van der Waals surface area contributed by atoms with Crippen molar-refractivity contribution < 1.29 is 14.3 Å². The zero-order valence-electron chi connectivity index (χ0n) is 14.6. The maximum Gasteiger partial charge on any atom is 0.407 e. The molecule has 1 amide bonds. The molecule has 0 aliphatic carbocycles. The largest absolute Gasteiger partial charge is 0.493 e. The summed E-state index contributed by atoms with van der Waals surface area (Å²) in [5.41, 5.74) is 3.71. The number of hydrogen-bond acceptors (Lipinski definition) is 4. The highest BCUT2D eigenvalue weighted by Gasteiger charge is 2.14. The van der Waals surface area contributed by atoms with Gasteiger partial charge < -0.3 is 14.8 Å². The molecule has 6 heteroatoms. The fraction of sp³-hybridized carbons (Fsp3) is 0.300. The van der Waals surface area contributed by atoms with Crippen molar-refractivity contribution >= 4 is 17.0 Å². The molecule has 3 aromatic rings. The van der Waals surface area contributed by atoms with Crippen LogP contribution in [0.4, 0.5) is 4.79 Å². The number of ether oxygens (including phenoxy) is 2. The van der Waals surface area contributed by atoms with E-state index in [2.05, 4.69) is 15.5 Å².